The van der Waals surface area contributed by atoms with Gasteiger partial charge in [-0.15, -0.1) is 0 Å². The maximum Gasteiger partial charge on any atom is 0.331 e. The van der Waals surface area contributed by atoms with Gasteiger partial charge in [0.25, 0.3) is 15.9 Å². The summed E-state index contributed by atoms with van der Waals surface area (Å²) >= 11 is 0. The van der Waals surface area contributed by atoms with Crippen molar-refractivity contribution < 1.29 is 27.5 Å². The zero-order valence-electron chi connectivity index (χ0n) is 17.9. The minimum absolute atomic E-state index is 0.0426. The molecule has 0 radical (unpaired) electrons. The third-order valence-electron chi connectivity index (χ3n) is 5.29. The van der Waals surface area contributed by atoms with Crippen LogP contribution in [0.3, 0.4) is 0 Å². The van der Waals surface area contributed by atoms with Crippen molar-refractivity contribution in [3.63, 3.8) is 0 Å². The predicted molar refractivity (Wildman–Crippen MR) is 120 cm³/mol. The van der Waals surface area contributed by atoms with Crippen LogP contribution in [-0.2, 0) is 29.1 Å². The second kappa shape index (κ2) is 8.66. The Morgan fingerprint density at radius 3 is 2.67 bits per heavy atom. The molecule has 0 aromatic heterocycles. The summed E-state index contributed by atoms with van der Waals surface area (Å²) in [6.07, 6.45) is 0.0952. The van der Waals surface area contributed by atoms with Crippen molar-refractivity contribution >= 4 is 45.0 Å². The number of para-hydroxylation sites is 2. The number of fused-ring (bicyclic) bond motifs is 2. The van der Waals surface area contributed by atoms with Gasteiger partial charge >= 0.3 is 5.97 Å². The quantitative estimate of drug-likeness (QED) is 0.649. The maximum atomic E-state index is 12.9. The van der Waals surface area contributed by atoms with E-state index in [9.17, 15) is 22.8 Å². The number of nitrogens with zero attached hydrogens (tertiary/aromatic N) is 2. The van der Waals surface area contributed by atoms with Crippen molar-refractivity contribution in [2.45, 2.75) is 37.2 Å². The number of aliphatic imine (C=N–C) groups is 1. The third kappa shape index (κ3) is 4.44. The van der Waals surface area contributed by atoms with E-state index < -0.39 is 40.6 Å². The Morgan fingerprint density at radius 2 is 1.88 bits per heavy atom. The lowest BCUT2D eigenvalue weighted by Gasteiger charge is -2.27. The molecular weight excluding hydrogens is 448 g/mol. The summed E-state index contributed by atoms with van der Waals surface area (Å²) in [5, 5.41) is 2.76. The smallest absolute Gasteiger partial charge is 0.331 e. The van der Waals surface area contributed by atoms with E-state index in [0.717, 1.165) is 0 Å². The van der Waals surface area contributed by atoms with Gasteiger partial charge in [0.15, 0.2) is 6.61 Å². The predicted octanol–water partition coefficient (Wildman–Crippen LogP) is 1.42. The summed E-state index contributed by atoms with van der Waals surface area (Å²) in [6, 6.07) is 11.7. The highest BCUT2D eigenvalue weighted by Gasteiger charge is 2.32. The van der Waals surface area contributed by atoms with E-state index in [1.54, 1.807) is 49.4 Å². The van der Waals surface area contributed by atoms with Crippen LogP contribution in [0.5, 0.6) is 0 Å². The molecule has 2 aromatic carbocycles. The van der Waals surface area contributed by atoms with E-state index in [2.05, 4.69) is 15.0 Å². The molecule has 2 aromatic rings. The van der Waals surface area contributed by atoms with Crippen LogP contribution in [0, 0.1) is 0 Å². The SMILES string of the molecule is CC1CC(=O)Nc2ccccc2N1C(=O)COC(=O)[C@H](C)N=C1NS(=O)(=O)c2ccccc21. The van der Waals surface area contributed by atoms with Gasteiger partial charge in [0.05, 0.1) is 16.3 Å². The number of carbonyl (C=O) groups is 3. The number of ether oxygens (including phenoxy) is 1. The minimum atomic E-state index is -3.74. The Kier molecular flexibility index (Phi) is 5.90. The Bertz CT molecular complexity index is 1270. The molecule has 0 saturated carbocycles. The van der Waals surface area contributed by atoms with Gasteiger partial charge in [-0.25, -0.2) is 13.2 Å². The Balaban J connectivity index is 1.47. The summed E-state index contributed by atoms with van der Waals surface area (Å²) in [7, 11) is -3.74. The highest BCUT2D eigenvalue weighted by atomic mass is 32.2. The minimum Gasteiger partial charge on any atom is -0.454 e. The number of hydrogen-bond acceptors (Lipinski definition) is 7. The number of sulfonamides is 1. The summed E-state index contributed by atoms with van der Waals surface area (Å²) in [5.41, 5.74) is 1.38. The van der Waals surface area contributed by atoms with Crippen LogP contribution >= 0.6 is 0 Å². The average Bonchev–Trinajstić information content (AvgIpc) is 2.94. The topological polar surface area (TPSA) is 134 Å². The van der Waals surface area contributed by atoms with Crippen LogP contribution in [0.2, 0.25) is 0 Å². The van der Waals surface area contributed by atoms with Gasteiger partial charge in [-0.05, 0) is 38.1 Å². The lowest BCUT2D eigenvalue weighted by molar-refractivity contribution is -0.148. The Labute approximate surface area is 190 Å². The van der Waals surface area contributed by atoms with Crippen LogP contribution in [-0.4, -0.2) is 50.7 Å². The molecule has 10 nitrogen and oxygen atoms in total. The molecule has 2 N–H and O–H groups in total. The summed E-state index contributed by atoms with van der Waals surface area (Å²) in [4.78, 5) is 43.2. The van der Waals surface area contributed by atoms with Crippen LogP contribution < -0.4 is 14.9 Å². The molecule has 2 atom stereocenters. The van der Waals surface area contributed by atoms with Crippen molar-refractivity contribution in [3.05, 3.63) is 54.1 Å². The number of rotatable bonds is 4. The summed E-state index contributed by atoms with van der Waals surface area (Å²) < 4.78 is 31.9. The van der Waals surface area contributed by atoms with E-state index in [1.165, 1.54) is 17.9 Å². The number of nitrogens with one attached hydrogen (secondary N) is 2. The van der Waals surface area contributed by atoms with Crippen molar-refractivity contribution in [2.75, 3.05) is 16.8 Å². The summed E-state index contributed by atoms with van der Waals surface area (Å²) in [5.74, 6) is -1.46. The molecule has 0 saturated heterocycles. The van der Waals surface area contributed by atoms with Crippen LogP contribution in [0.1, 0.15) is 25.8 Å². The van der Waals surface area contributed by atoms with E-state index in [0.29, 0.717) is 16.9 Å². The molecule has 2 heterocycles. The first-order valence-electron chi connectivity index (χ1n) is 10.2. The average molecular weight is 471 g/mol. The Morgan fingerprint density at radius 1 is 1.18 bits per heavy atom. The molecule has 33 heavy (non-hydrogen) atoms. The number of esters is 1. The van der Waals surface area contributed by atoms with Crippen LogP contribution in [0.25, 0.3) is 0 Å². The maximum absolute atomic E-state index is 12.9. The number of amidine groups is 1. The molecule has 0 spiro atoms. The first kappa shape index (κ1) is 22.5. The van der Waals surface area contributed by atoms with E-state index in [4.69, 9.17) is 4.74 Å². The molecular formula is C22H22N4O6S. The van der Waals surface area contributed by atoms with E-state index >= 15 is 0 Å². The number of carbonyl (C=O) groups excluding carboxylic acids is 3. The summed E-state index contributed by atoms with van der Waals surface area (Å²) in [6.45, 7) is 2.63. The molecule has 0 aliphatic carbocycles. The normalized spacial score (nSPS) is 20.7. The van der Waals surface area contributed by atoms with Crippen molar-refractivity contribution in [1.29, 1.82) is 0 Å². The molecule has 4 rings (SSSR count). The first-order valence-corrected chi connectivity index (χ1v) is 11.7. The molecule has 0 fully saturated rings. The molecule has 2 aliphatic heterocycles. The third-order valence-corrected chi connectivity index (χ3v) is 6.69. The fraction of sp³-hybridized carbons (Fsp3) is 0.273. The highest BCUT2D eigenvalue weighted by molar-refractivity contribution is 7.90. The second-order valence-electron chi connectivity index (χ2n) is 7.75. The number of amides is 2. The molecule has 0 bridgehead atoms. The highest BCUT2D eigenvalue weighted by Crippen LogP contribution is 2.31. The van der Waals surface area contributed by atoms with Crippen LogP contribution in [0.15, 0.2) is 58.4 Å². The standard InChI is InChI=1S/C22H22N4O6S/c1-13-11-19(27)24-16-8-4-5-9-17(16)26(13)20(28)12-32-22(29)14(2)23-21-15-7-3-6-10-18(15)33(30,31)25-21/h3-10,13-14H,11-12H2,1-2H3,(H,23,25)(H,24,27)/t13?,14-/m0/s1. The zero-order valence-corrected chi connectivity index (χ0v) is 18.8. The molecule has 2 aliphatic rings. The van der Waals surface area contributed by atoms with Gasteiger partial charge in [-0.3, -0.25) is 19.3 Å². The Hall–Kier alpha value is -3.73. The fourth-order valence-corrected chi connectivity index (χ4v) is 5.01. The van der Waals surface area contributed by atoms with E-state index in [1.807, 2.05) is 0 Å². The van der Waals surface area contributed by atoms with Gasteiger partial charge < -0.3 is 15.0 Å². The first-order chi connectivity index (χ1) is 15.7. The molecule has 2 amide bonds. The monoisotopic (exact) mass is 470 g/mol. The van der Waals surface area contributed by atoms with Crippen molar-refractivity contribution in [1.82, 2.24) is 4.72 Å². The molecule has 172 valence electrons. The number of benzene rings is 2. The van der Waals surface area contributed by atoms with Gasteiger partial charge in [-0.2, -0.15) is 0 Å². The van der Waals surface area contributed by atoms with Crippen LogP contribution in [0.4, 0.5) is 11.4 Å². The van der Waals surface area contributed by atoms with Gasteiger partial charge in [0.1, 0.15) is 11.9 Å². The largest absolute Gasteiger partial charge is 0.454 e. The van der Waals surface area contributed by atoms with Crippen molar-refractivity contribution in [2.24, 2.45) is 4.99 Å². The van der Waals surface area contributed by atoms with E-state index in [-0.39, 0.29) is 23.1 Å². The molecule has 11 heteroatoms. The van der Waals surface area contributed by atoms with Crippen molar-refractivity contribution in [3.8, 4) is 0 Å². The molecule has 1 unspecified atom stereocenters. The second-order valence-corrected chi connectivity index (χ2v) is 9.40. The van der Waals surface area contributed by atoms with Gasteiger partial charge in [0.2, 0.25) is 5.91 Å². The lowest BCUT2D eigenvalue weighted by Crippen LogP contribution is -2.42. The van der Waals surface area contributed by atoms with Gasteiger partial charge in [0, 0.05) is 18.0 Å². The zero-order chi connectivity index (χ0) is 23.8. The number of anilines is 2. The lowest BCUT2D eigenvalue weighted by atomic mass is 10.1. The number of hydrogen-bond donors (Lipinski definition) is 2. The van der Waals surface area contributed by atoms with Gasteiger partial charge in [-0.1, -0.05) is 24.3 Å². The fourth-order valence-electron chi connectivity index (χ4n) is 3.77.